The Hall–Kier alpha value is -2.20. The van der Waals surface area contributed by atoms with Crippen LogP contribution in [0.4, 0.5) is 10.1 Å². The summed E-state index contributed by atoms with van der Waals surface area (Å²) in [5.74, 6) is -1.21. The highest BCUT2D eigenvalue weighted by atomic mass is 35.5. The van der Waals surface area contributed by atoms with Crippen molar-refractivity contribution in [3.8, 4) is 0 Å². The number of amides is 1. The van der Waals surface area contributed by atoms with E-state index in [2.05, 4.69) is 10.0 Å². The zero-order valence-corrected chi connectivity index (χ0v) is 16.0. The molecule has 3 N–H and O–H groups in total. The van der Waals surface area contributed by atoms with Crippen molar-refractivity contribution in [3.05, 3.63) is 52.6 Å². The Morgan fingerprint density at radius 2 is 2.15 bits per heavy atom. The Morgan fingerprint density at radius 1 is 1.44 bits per heavy atom. The van der Waals surface area contributed by atoms with Crippen molar-refractivity contribution in [1.29, 1.82) is 0 Å². The maximum absolute atomic E-state index is 13.3. The lowest BCUT2D eigenvalue weighted by Gasteiger charge is -2.15. The molecule has 0 saturated carbocycles. The van der Waals surface area contributed by atoms with Crippen LogP contribution in [0.1, 0.15) is 23.0 Å². The molecule has 1 aromatic heterocycles. The van der Waals surface area contributed by atoms with Gasteiger partial charge in [0.25, 0.3) is 5.91 Å². The van der Waals surface area contributed by atoms with Crippen molar-refractivity contribution in [2.24, 2.45) is 7.05 Å². The van der Waals surface area contributed by atoms with Crippen LogP contribution in [-0.4, -0.2) is 36.1 Å². The predicted molar refractivity (Wildman–Crippen MR) is 99.6 cm³/mol. The van der Waals surface area contributed by atoms with E-state index in [-0.39, 0.29) is 26.9 Å². The van der Waals surface area contributed by atoms with E-state index in [1.807, 2.05) is 0 Å². The molecule has 7 nitrogen and oxygen atoms in total. The summed E-state index contributed by atoms with van der Waals surface area (Å²) in [6.07, 6.45) is 3.34. The number of aliphatic hydroxyl groups is 1. The van der Waals surface area contributed by atoms with Crippen LogP contribution >= 0.6 is 11.6 Å². The molecule has 0 fully saturated rings. The third-order valence-corrected chi connectivity index (χ3v) is 5.92. The van der Waals surface area contributed by atoms with Gasteiger partial charge in [-0.05, 0) is 25.1 Å². The molecule has 2 atom stereocenters. The lowest BCUT2D eigenvalue weighted by Crippen LogP contribution is -2.39. The number of aliphatic hydroxyl groups excluding tert-OH is 1. The van der Waals surface area contributed by atoms with Gasteiger partial charge in [0.1, 0.15) is 16.4 Å². The van der Waals surface area contributed by atoms with E-state index in [1.165, 1.54) is 49.0 Å². The maximum Gasteiger partial charge on any atom is 0.272 e. The molecule has 1 aliphatic rings. The minimum absolute atomic E-state index is 0.0771. The number of sulfonamides is 1. The van der Waals surface area contributed by atoms with Crippen LogP contribution in [0.5, 0.6) is 0 Å². The summed E-state index contributed by atoms with van der Waals surface area (Å²) in [7, 11) is -2.40. The number of fused-ring (bicyclic) bond motifs is 1. The van der Waals surface area contributed by atoms with E-state index in [0.717, 1.165) is 6.07 Å². The first kappa shape index (κ1) is 19.6. The number of benzene rings is 1. The van der Waals surface area contributed by atoms with Gasteiger partial charge in [-0.3, -0.25) is 4.79 Å². The monoisotopic (exact) mass is 413 g/mol. The highest BCUT2D eigenvalue weighted by Crippen LogP contribution is 2.28. The summed E-state index contributed by atoms with van der Waals surface area (Å²) in [5, 5.41) is 12.1. The molecule has 0 aliphatic carbocycles. The molecule has 0 bridgehead atoms. The number of anilines is 1. The Balaban J connectivity index is 2.03. The first-order valence-corrected chi connectivity index (χ1v) is 9.80. The molecule has 2 aromatic rings. The van der Waals surface area contributed by atoms with Gasteiger partial charge >= 0.3 is 0 Å². The number of halogens is 2. The zero-order chi connectivity index (χ0) is 19.9. The van der Waals surface area contributed by atoms with Crippen LogP contribution in [0.15, 0.2) is 35.4 Å². The molecule has 27 heavy (non-hydrogen) atoms. The Morgan fingerprint density at radius 3 is 2.78 bits per heavy atom. The summed E-state index contributed by atoms with van der Waals surface area (Å²) in [4.78, 5) is 12.7. The van der Waals surface area contributed by atoms with Crippen molar-refractivity contribution in [2.45, 2.75) is 24.0 Å². The zero-order valence-electron chi connectivity index (χ0n) is 14.4. The van der Waals surface area contributed by atoms with Crippen LogP contribution in [0.2, 0.25) is 5.02 Å². The standard InChI is InChI=1S/C17H17ClFN3O4S/c1-9(23)14-6-4-11-15(27(25,26)21-14)8-22(2)16(11)17(24)20-10-3-5-13(19)12(18)7-10/h3-9,14,21,23H,1-2H3,(H,20,24)/t9-,14+/m0/s1. The third-order valence-electron chi connectivity index (χ3n) is 4.15. The van der Waals surface area contributed by atoms with Crippen molar-refractivity contribution in [3.63, 3.8) is 0 Å². The lowest BCUT2D eigenvalue weighted by atomic mass is 10.1. The molecule has 10 heteroatoms. The molecular formula is C17H17ClFN3O4S. The molecule has 1 amide bonds. The Labute approximate surface area is 160 Å². The summed E-state index contributed by atoms with van der Waals surface area (Å²) >= 11 is 5.72. The van der Waals surface area contributed by atoms with Gasteiger partial charge in [0.2, 0.25) is 10.0 Å². The molecule has 144 valence electrons. The Bertz CT molecular complexity index is 1050. The topological polar surface area (TPSA) is 100 Å². The van der Waals surface area contributed by atoms with Gasteiger partial charge in [-0.25, -0.2) is 17.5 Å². The highest BCUT2D eigenvalue weighted by Gasteiger charge is 2.31. The quantitative estimate of drug-likeness (QED) is 0.717. The second-order valence-electron chi connectivity index (χ2n) is 6.20. The van der Waals surface area contributed by atoms with Crippen molar-refractivity contribution in [2.75, 3.05) is 5.32 Å². The fourth-order valence-corrected chi connectivity index (χ4v) is 4.47. The van der Waals surface area contributed by atoms with E-state index in [0.29, 0.717) is 0 Å². The summed E-state index contributed by atoms with van der Waals surface area (Å²) in [5.41, 5.74) is 0.555. The van der Waals surface area contributed by atoms with Crippen molar-refractivity contribution >= 4 is 39.3 Å². The normalized spacial score (nSPS) is 19.2. The number of nitrogens with one attached hydrogen (secondary N) is 2. The van der Waals surface area contributed by atoms with Crippen LogP contribution in [-0.2, 0) is 17.1 Å². The number of rotatable bonds is 3. The van der Waals surface area contributed by atoms with Gasteiger partial charge in [-0.15, -0.1) is 0 Å². The number of hydrogen-bond donors (Lipinski definition) is 3. The molecule has 3 rings (SSSR count). The fraction of sp³-hybridized carbons (Fsp3) is 0.235. The number of aromatic nitrogens is 1. The van der Waals surface area contributed by atoms with E-state index < -0.39 is 33.9 Å². The van der Waals surface area contributed by atoms with E-state index in [4.69, 9.17) is 11.6 Å². The second kappa shape index (κ2) is 7.08. The molecule has 0 unspecified atom stereocenters. The SMILES string of the molecule is C[C@H](O)[C@H]1C=Cc2c(cn(C)c2C(=O)Nc2ccc(F)c(Cl)c2)S(=O)(=O)N1. The van der Waals surface area contributed by atoms with Crippen molar-refractivity contribution in [1.82, 2.24) is 9.29 Å². The minimum atomic E-state index is -3.94. The molecule has 1 aromatic carbocycles. The molecule has 0 radical (unpaired) electrons. The minimum Gasteiger partial charge on any atom is -0.391 e. The molecule has 2 heterocycles. The fourth-order valence-electron chi connectivity index (χ4n) is 2.78. The van der Waals surface area contributed by atoms with Gasteiger partial charge in [0.05, 0.1) is 17.2 Å². The predicted octanol–water partition coefficient (Wildman–Crippen LogP) is 2.12. The van der Waals surface area contributed by atoms with Crippen LogP contribution < -0.4 is 10.0 Å². The molecular weight excluding hydrogens is 397 g/mol. The van der Waals surface area contributed by atoms with Gasteiger partial charge in [0.15, 0.2) is 0 Å². The number of nitrogens with zero attached hydrogens (tertiary/aromatic N) is 1. The summed E-state index contributed by atoms with van der Waals surface area (Å²) < 4.78 is 42.2. The van der Waals surface area contributed by atoms with E-state index in [1.54, 1.807) is 0 Å². The smallest absolute Gasteiger partial charge is 0.272 e. The van der Waals surface area contributed by atoms with Gasteiger partial charge < -0.3 is 15.0 Å². The summed E-state index contributed by atoms with van der Waals surface area (Å²) in [6, 6.07) is 2.90. The number of hydrogen-bond acceptors (Lipinski definition) is 4. The Kier molecular flexibility index (Phi) is 5.13. The second-order valence-corrected chi connectivity index (χ2v) is 8.29. The first-order valence-electron chi connectivity index (χ1n) is 7.94. The number of aryl methyl sites for hydroxylation is 1. The first-order chi connectivity index (χ1) is 12.6. The van der Waals surface area contributed by atoms with E-state index in [9.17, 15) is 22.7 Å². The molecule has 0 spiro atoms. The van der Waals surface area contributed by atoms with Gasteiger partial charge in [-0.1, -0.05) is 23.8 Å². The average molecular weight is 414 g/mol. The third kappa shape index (κ3) is 3.77. The van der Waals surface area contributed by atoms with E-state index >= 15 is 0 Å². The molecule has 0 saturated heterocycles. The number of carbonyl (C=O) groups excluding carboxylic acids is 1. The van der Waals surface area contributed by atoms with Gasteiger partial charge in [-0.2, -0.15) is 0 Å². The van der Waals surface area contributed by atoms with Crippen LogP contribution in [0.3, 0.4) is 0 Å². The molecule has 1 aliphatic heterocycles. The largest absolute Gasteiger partial charge is 0.391 e. The van der Waals surface area contributed by atoms with Crippen LogP contribution in [0.25, 0.3) is 6.08 Å². The summed E-state index contributed by atoms with van der Waals surface area (Å²) in [6.45, 7) is 1.46. The average Bonchev–Trinajstić information content (AvgIpc) is 2.85. The highest BCUT2D eigenvalue weighted by molar-refractivity contribution is 7.89. The van der Waals surface area contributed by atoms with Gasteiger partial charge in [0, 0.05) is 24.5 Å². The lowest BCUT2D eigenvalue weighted by molar-refractivity contribution is 0.101. The van der Waals surface area contributed by atoms with Crippen LogP contribution in [0, 0.1) is 5.82 Å². The maximum atomic E-state index is 13.3. The van der Waals surface area contributed by atoms with Crippen molar-refractivity contribution < 1.29 is 22.7 Å². The number of carbonyl (C=O) groups is 1.